The molecule has 0 saturated carbocycles. The minimum absolute atomic E-state index is 0.169. The van der Waals surface area contributed by atoms with Crippen LogP contribution in [-0.2, 0) is 11.3 Å². The van der Waals surface area contributed by atoms with Crippen molar-refractivity contribution in [1.82, 2.24) is 4.57 Å². The highest BCUT2D eigenvalue weighted by molar-refractivity contribution is 6.35. The normalized spacial score (nSPS) is 10.9. The minimum atomic E-state index is -1.11. The van der Waals surface area contributed by atoms with Crippen LogP contribution in [0.4, 0.5) is 0 Å². The summed E-state index contributed by atoms with van der Waals surface area (Å²) in [5, 5.41) is 12.2. The van der Waals surface area contributed by atoms with Crippen molar-refractivity contribution in [3.63, 3.8) is 0 Å². The van der Waals surface area contributed by atoms with E-state index in [1.807, 2.05) is 32.0 Å². The van der Waals surface area contributed by atoms with Crippen LogP contribution in [0.5, 0.6) is 0 Å². The standard InChI is InChI=1S/C12H12ClNO2/c1-7-3-9-5-8(2)14(6-11(15)16)12(9)10(13)4-7/h3-5H,6H2,1-2H3,(H,15,16)/p-1. The molecule has 0 amide bonds. The second-order valence-corrected chi connectivity index (χ2v) is 4.34. The monoisotopic (exact) mass is 236 g/mol. The number of fused-ring (bicyclic) bond motifs is 1. The molecule has 0 saturated heterocycles. The van der Waals surface area contributed by atoms with Crippen molar-refractivity contribution in [1.29, 1.82) is 0 Å². The summed E-state index contributed by atoms with van der Waals surface area (Å²) in [6.07, 6.45) is 0. The second-order valence-electron chi connectivity index (χ2n) is 3.93. The maximum absolute atomic E-state index is 10.7. The quantitative estimate of drug-likeness (QED) is 0.796. The van der Waals surface area contributed by atoms with E-state index >= 15 is 0 Å². The summed E-state index contributed by atoms with van der Waals surface area (Å²) in [4.78, 5) is 10.7. The average molecular weight is 237 g/mol. The fourth-order valence-electron chi connectivity index (χ4n) is 1.97. The average Bonchev–Trinajstić information content (AvgIpc) is 2.41. The molecule has 0 atom stereocenters. The van der Waals surface area contributed by atoms with Gasteiger partial charge >= 0.3 is 0 Å². The first-order valence-corrected chi connectivity index (χ1v) is 5.32. The highest BCUT2D eigenvalue weighted by Crippen LogP contribution is 2.28. The van der Waals surface area contributed by atoms with E-state index < -0.39 is 5.97 Å². The fraction of sp³-hybridized carbons (Fsp3) is 0.250. The smallest absolute Gasteiger partial charge is 0.0675 e. The molecule has 0 radical (unpaired) electrons. The van der Waals surface area contributed by atoms with Gasteiger partial charge < -0.3 is 14.5 Å². The first-order valence-electron chi connectivity index (χ1n) is 4.95. The van der Waals surface area contributed by atoms with Crippen LogP contribution in [-0.4, -0.2) is 10.5 Å². The molecule has 2 aromatic rings. The molecule has 0 fully saturated rings. The van der Waals surface area contributed by atoms with E-state index in [4.69, 9.17) is 11.6 Å². The Labute approximate surface area is 98.3 Å². The van der Waals surface area contributed by atoms with Crippen molar-refractivity contribution in [2.45, 2.75) is 20.4 Å². The predicted molar refractivity (Wildman–Crippen MR) is 61.4 cm³/mol. The second kappa shape index (κ2) is 3.83. The van der Waals surface area contributed by atoms with Gasteiger partial charge in [-0.1, -0.05) is 11.6 Å². The molecule has 1 heterocycles. The Hall–Kier alpha value is -1.48. The topological polar surface area (TPSA) is 45.1 Å². The third kappa shape index (κ3) is 1.78. The third-order valence-electron chi connectivity index (χ3n) is 2.58. The van der Waals surface area contributed by atoms with E-state index in [2.05, 4.69) is 0 Å². The summed E-state index contributed by atoms with van der Waals surface area (Å²) in [6.45, 7) is 3.64. The van der Waals surface area contributed by atoms with E-state index in [0.717, 1.165) is 22.2 Å². The lowest BCUT2D eigenvalue weighted by Crippen LogP contribution is -2.27. The van der Waals surface area contributed by atoms with Gasteiger partial charge in [-0.3, -0.25) is 0 Å². The van der Waals surface area contributed by atoms with E-state index in [0.29, 0.717) is 5.02 Å². The maximum Gasteiger partial charge on any atom is 0.0675 e. The molecule has 1 aromatic heterocycles. The Morgan fingerprint density at radius 1 is 1.38 bits per heavy atom. The Bertz CT molecular complexity index is 572. The van der Waals surface area contributed by atoms with E-state index in [-0.39, 0.29) is 6.54 Å². The number of hydrogen-bond donors (Lipinski definition) is 0. The third-order valence-corrected chi connectivity index (χ3v) is 2.87. The van der Waals surface area contributed by atoms with E-state index in [9.17, 15) is 9.90 Å². The SMILES string of the molecule is Cc1cc(Cl)c2c(c1)cc(C)n2CC(=O)[O-]. The summed E-state index contributed by atoms with van der Waals surface area (Å²) in [7, 11) is 0. The van der Waals surface area contributed by atoms with Gasteiger partial charge in [-0.15, -0.1) is 0 Å². The number of aliphatic carboxylic acids is 1. The van der Waals surface area contributed by atoms with Crippen molar-refractivity contribution < 1.29 is 9.90 Å². The maximum atomic E-state index is 10.7. The molecule has 1 aromatic carbocycles. The lowest BCUT2D eigenvalue weighted by atomic mass is 10.2. The molecule has 0 unspecified atom stereocenters. The number of benzene rings is 1. The van der Waals surface area contributed by atoms with Gasteiger partial charge in [-0.2, -0.15) is 0 Å². The Balaban J connectivity index is 2.73. The number of carboxylic acids is 1. The molecule has 0 bridgehead atoms. The summed E-state index contributed by atoms with van der Waals surface area (Å²) in [5.74, 6) is -1.11. The lowest BCUT2D eigenvalue weighted by Gasteiger charge is -2.10. The molecule has 3 nitrogen and oxygen atoms in total. The van der Waals surface area contributed by atoms with Crippen LogP contribution in [0, 0.1) is 13.8 Å². The zero-order valence-corrected chi connectivity index (χ0v) is 9.84. The first kappa shape index (κ1) is 11.0. The number of carbonyl (C=O) groups is 1. The van der Waals surface area contributed by atoms with Gasteiger partial charge in [0.15, 0.2) is 0 Å². The number of aromatic nitrogens is 1. The van der Waals surface area contributed by atoms with Gasteiger partial charge in [-0.25, -0.2) is 0 Å². The van der Waals surface area contributed by atoms with Crippen molar-refractivity contribution in [3.8, 4) is 0 Å². The van der Waals surface area contributed by atoms with Crippen LogP contribution in [0.25, 0.3) is 10.9 Å². The molecule has 16 heavy (non-hydrogen) atoms. The number of carboxylic acid groups (broad SMARTS) is 1. The summed E-state index contributed by atoms with van der Waals surface area (Å²) in [6, 6.07) is 5.74. The van der Waals surface area contributed by atoms with Gasteiger partial charge in [0, 0.05) is 11.1 Å². The van der Waals surface area contributed by atoms with Crippen LogP contribution in [0.15, 0.2) is 18.2 Å². The number of hydrogen-bond acceptors (Lipinski definition) is 2. The predicted octanol–water partition coefficient (Wildman–Crippen LogP) is 1.66. The van der Waals surface area contributed by atoms with Crippen molar-refractivity contribution >= 4 is 28.5 Å². The molecule has 4 heteroatoms. The number of rotatable bonds is 2. The first-order chi connectivity index (χ1) is 7.49. The highest BCUT2D eigenvalue weighted by Gasteiger charge is 2.09. The van der Waals surface area contributed by atoms with Crippen LogP contribution >= 0.6 is 11.6 Å². The largest absolute Gasteiger partial charge is 0.548 e. The summed E-state index contributed by atoms with van der Waals surface area (Å²) in [5.41, 5.74) is 2.68. The number of nitrogens with zero attached hydrogens (tertiary/aromatic N) is 1. The molecular weight excluding hydrogens is 226 g/mol. The molecule has 2 rings (SSSR count). The van der Waals surface area contributed by atoms with Crippen LogP contribution in [0.1, 0.15) is 11.3 Å². The lowest BCUT2D eigenvalue weighted by molar-refractivity contribution is -0.306. The van der Waals surface area contributed by atoms with Gasteiger partial charge in [0.25, 0.3) is 0 Å². The Morgan fingerprint density at radius 2 is 2.06 bits per heavy atom. The van der Waals surface area contributed by atoms with Crippen molar-refractivity contribution in [2.75, 3.05) is 0 Å². The summed E-state index contributed by atoms with van der Waals surface area (Å²) >= 11 is 6.13. The number of halogens is 1. The fourth-order valence-corrected chi connectivity index (χ4v) is 2.35. The molecule has 0 spiro atoms. The van der Waals surface area contributed by atoms with Gasteiger partial charge in [0.1, 0.15) is 0 Å². The Kier molecular flexibility index (Phi) is 2.64. The zero-order valence-electron chi connectivity index (χ0n) is 9.08. The van der Waals surface area contributed by atoms with Gasteiger partial charge in [0.2, 0.25) is 0 Å². The molecule has 0 aliphatic carbocycles. The highest BCUT2D eigenvalue weighted by atomic mass is 35.5. The van der Waals surface area contributed by atoms with E-state index in [1.54, 1.807) is 4.57 Å². The van der Waals surface area contributed by atoms with Crippen molar-refractivity contribution in [3.05, 3.63) is 34.5 Å². The van der Waals surface area contributed by atoms with Gasteiger partial charge in [0.05, 0.1) is 23.1 Å². The van der Waals surface area contributed by atoms with Crippen LogP contribution in [0.2, 0.25) is 5.02 Å². The molecule has 0 aliphatic heterocycles. The Morgan fingerprint density at radius 3 is 2.69 bits per heavy atom. The van der Waals surface area contributed by atoms with E-state index in [1.165, 1.54) is 0 Å². The minimum Gasteiger partial charge on any atom is -0.548 e. The van der Waals surface area contributed by atoms with Crippen molar-refractivity contribution in [2.24, 2.45) is 0 Å². The molecule has 0 N–H and O–H groups in total. The summed E-state index contributed by atoms with van der Waals surface area (Å²) < 4.78 is 1.66. The van der Waals surface area contributed by atoms with Gasteiger partial charge in [-0.05, 0) is 37.6 Å². The number of carbonyl (C=O) groups excluding carboxylic acids is 1. The van der Waals surface area contributed by atoms with Crippen LogP contribution < -0.4 is 5.11 Å². The number of aryl methyl sites for hydroxylation is 2. The molecular formula is C12H11ClNO2-. The molecule has 0 aliphatic rings. The molecule has 84 valence electrons. The van der Waals surface area contributed by atoms with Crippen LogP contribution in [0.3, 0.4) is 0 Å². The zero-order chi connectivity index (χ0) is 11.9.